The molecule has 0 aromatic rings. The molecule has 190 valence electrons. The van der Waals surface area contributed by atoms with Crippen LogP contribution in [0.15, 0.2) is 11.6 Å². The van der Waals surface area contributed by atoms with E-state index >= 15 is 0 Å². The lowest BCUT2D eigenvalue weighted by Crippen LogP contribution is -2.62. The van der Waals surface area contributed by atoms with Gasteiger partial charge in [0, 0.05) is 31.1 Å². The number of nitrogens with two attached hydrogens (primary N) is 1. The molecule has 0 aromatic carbocycles. The first kappa shape index (κ1) is 24.1. The van der Waals surface area contributed by atoms with Gasteiger partial charge in [0.25, 0.3) is 0 Å². The van der Waals surface area contributed by atoms with E-state index in [1.807, 2.05) is 7.05 Å². The maximum Gasteiger partial charge on any atom is 0.409 e. The molecular weight excluding hydrogens is 432 g/mol. The minimum Gasteiger partial charge on any atom is -0.458 e. The Hall–Kier alpha value is -1.60. The largest absolute Gasteiger partial charge is 0.458 e. The normalized spacial score (nSPS) is 45.5. The van der Waals surface area contributed by atoms with Crippen LogP contribution in [0.25, 0.3) is 0 Å². The quantitative estimate of drug-likeness (QED) is 0.603. The second-order valence-electron chi connectivity index (χ2n) is 12.2. The molecule has 3 N–H and O–H groups in total. The van der Waals surface area contributed by atoms with E-state index in [0.29, 0.717) is 30.9 Å². The lowest BCUT2D eigenvalue weighted by Gasteiger charge is -2.64. The summed E-state index contributed by atoms with van der Waals surface area (Å²) in [4.78, 5) is 25.9. The number of rotatable bonds is 4. The summed E-state index contributed by atoms with van der Waals surface area (Å²) in [5.74, 6) is 1.38. The first-order chi connectivity index (χ1) is 16.1. The monoisotopic (exact) mass is 474 g/mol. The fraction of sp³-hybridized carbons (Fsp3) is 0.852. The van der Waals surface area contributed by atoms with Crippen LogP contribution in [-0.2, 0) is 14.3 Å². The number of nitrogens with zero attached hydrogens (tertiary/aromatic N) is 1. The van der Waals surface area contributed by atoms with Crippen molar-refractivity contribution in [3.05, 3.63) is 11.6 Å². The molecule has 4 aliphatic carbocycles. The number of hydrogen-bond donors (Lipinski definition) is 2. The third-order valence-electron chi connectivity index (χ3n) is 11.1. The van der Waals surface area contributed by atoms with Gasteiger partial charge in [0.05, 0.1) is 5.60 Å². The zero-order chi connectivity index (χ0) is 24.3. The molecule has 0 bridgehead atoms. The Morgan fingerprint density at radius 3 is 2.68 bits per heavy atom. The summed E-state index contributed by atoms with van der Waals surface area (Å²) in [6.45, 7) is 5.74. The average Bonchev–Trinajstić information content (AvgIpc) is 3.36. The molecule has 4 fully saturated rings. The van der Waals surface area contributed by atoms with E-state index < -0.39 is 5.60 Å². The molecule has 5 aliphatic rings. The van der Waals surface area contributed by atoms with Crippen molar-refractivity contribution >= 4 is 12.1 Å². The molecule has 0 radical (unpaired) electrons. The Bertz CT molecular complexity index is 875. The van der Waals surface area contributed by atoms with Crippen molar-refractivity contribution in [2.45, 2.75) is 83.3 Å². The molecule has 7 heteroatoms. The third-order valence-corrected chi connectivity index (χ3v) is 11.1. The molecule has 34 heavy (non-hydrogen) atoms. The van der Waals surface area contributed by atoms with Crippen LogP contribution in [0.2, 0.25) is 0 Å². The number of carbonyl (C=O) groups excluding carboxylic acids is 2. The highest BCUT2D eigenvalue weighted by atomic mass is 16.6. The van der Waals surface area contributed by atoms with Gasteiger partial charge in [0.15, 0.2) is 0 Å². The standard InChI is InChI=1S/C27H42N2O5/c1-25-9-6-19(29(3)24(31)33-13-12-28)15-18(25)4-5-22-21(25)7-10-26(2)20(8-11-27(22,26)32)17-14-23(30)34-16-17/h14,18-22,32H,4-13,15-16,28H2,1-3H3/t18-,19+,20-,21+,22-,25+,26-,27+/m1/s1. The van der Waals surface area contributed by atoms with Gasteiger partial charge in [-0.25, -0.2) is 9.59 Å². The predicted molar refractivity (Wildman–Crippen MR) is 128 cm³/mol. The van der Waals surface area contributed by atoms with Crippen LogP contribution >= 0.6 is 0 Å². The molecule has 8 atom stereocenters. The average molecular weight is 475 g/mol. The van der Waals surface area contributed by atoms with Gasteiger partial charge in [0.1, 0.15) is 13.2 Å². The minimum absolute atomic E-state index is 0.193. The van der Waals surface area contributed by atoms with E-state index in [9.17, 15) is 14.7 Å². The van der Waals surface area contributed by atoms with Crippen molar-refractivity contribution in [1.82, 2.24) is 4.90 Å². The van der Waals surface area contributed by atoms with Crippen molar-refractivity contribution in [2.24, 2.45) is 40.2 Å². The first-order valence-corrected chi connectivity index (χ1v) is 13.3. The summed E-state index contributed by atoms with van der Waals surface area (Å²) < 4.78 is 10.5. The second kappa shape index (κ2) is 8.51. The van der Waals surface area contributed by atoms with Crippen molar-refractivity contribution in [3.8, 4) is 0 Å². The van der Waals surface area contributed by atoms with Crippen LogP contribution in [-0.4, -0.2) is 60.5 Å². The summed E-state index contributed by atoms with van der Waals surface area (Å²) in [6.07, 6.45) is 10.5. The van der Waals surface area contributed by atoms with Crippen molar-refractivity contribution in [1.29, 1.82) is 0 Å². The lowest BCUT2D eigenvalue weighted by molar-refractivity contribution is -0.206. The van der Waals surface area contributed by atoms with E-state index in [4.69, 9.17) is 15.2 Å². The minimum atomic E-state index is -0.680. The molecule has 1 amide bonds. The summed E-state index contributed by atoms with van der Waals surface area (Å²) in [7, 11) is 1.86. The van der Waals surface area contributed by atoms with E-state index in [1.165, 1.54) is 0 Å². The molecule has 1 heterocycles. The van der Waals surface area contributed by atoms with Gasteiger partial charge in [-0.2, -0.15) is 0 Å². The Morgan fingerprint density at radius 1 is 1.18 bits per heavy atom. The molecular formula is C27H42N2O5. The number of amides is 1. The van der Waals surface area contributed by atoms with Crippen molar-refractivity contribution in [3.63, 3.8) is 0 Å². The van der Waals surface area contributed by atoms with Gasteiger partial charge in [-0.15, -0.1) is 0 Å². The number of aliphatic hydroxyl groups is 1. The molecule has 0 spiro atoms. The van der Waals surface area contributed by atoms with E-state index in [0.717, 1.165) is 63.4 Å². The summed E-state index contributed by atoms with van der Waals surface area (Å²) in [5, 5.41) is 12.3. The molecule has 5 rings (SSSR count). The molecule has 4 saturated carbocycles. The smallest absolute Gasteiger partial charge is 0.409 e. The zero-order valence-electron chi connectivity index (χ0n) is 21.1. The van der Waals surface area contributed by atoms with Gasteiger partial charge in [-0.3, -0.25) is 0 Å². The SMILES string of the molecule is CN(C(=O)OCCN)[C@H]1CC[C@@]2(C)[C@H](CC[C@@H]3[C@@H]2CC[C@]2(C)[C@@H](C4=CC(=O)OC4)CC[C@]32O)C1. The van der Waals surface area contributed by atoms with Gasteiger partial charge < -0.3 is 25.2 Å². The third kappa shape index (κ3) is 3.44. The predicted octanol–water partition coefficient (Wildman–Crippen LogP) is 3.64. The van der Waals surface area contributed by atoms with E-state index in [2.05, 4.69) is 13.8 Å². The van der Waals surface area contributed by atoms with Crippen LogP contribution in [0.1, 0.15) is 71.6 Å². The van der Waals surface area contributed by atoms with Crippen LogP contribution in [0.5, 0.6) is 0 Å². The number of carbonyl (C=O) groups is 2. The Morgan fingerprint density at radius 2 is 1.97 bits per heavy atom. The van der Waals surface area contributed by atoms with Crippen LogP contribution in [0.4, 0.5) is 4.79 Å². The number of cyclic esters (lactones) is 1. The summed E-state index contributed by atoms with van der Waals surface area (Å²) in [5.41, 5.74) is 5.90. The number of esters is 1. The molecule has 0 saturated heterocycles. The highest BCUT2D eigenvalue weighted by Crippen LogP contribution is 2.70. The van der Waals surface area contributed by atoms with Gasteiger partial charge in [-0.1, -0.05) is 13.8 Å². The molecule has 0 aromatic heterocycles. The fourth-order valence-corrected chi connectivity index (χ4v) is 9.14. The van der Waals surface area contributed by atoms with Gasteiger partial charge >= 0.3 is 12.1 Å². The van der Waals surface area contributed by atoms with Crippen LogP contribution in [0.3, 0.4) is 0 Å². The molecule has 7 nitrogen and oxygen atoms in total. The van der Waals surface area contributed by atoms with Crippen molar-refractivity contribution < 1.29 is 24.2 Å². The summed E-state index contributed by atoms with van der Waals surface area (Å²) in [6, 6.07) is 0.208. The van der Waals surface area contributed by atoms with E-state index in [1.54, 1.807) is 11.0 Å². The number of ether oxygens (including phenoxy) is 2. The maximum atomic E-state index is 12.4. The zero-order valence-corrected chi connectivity index (χ0v) is 21.1. The topological polar surface area (TPSA) is 102 Å². The van der Waals surface area contributed by atoms with Gasteiger partial charge in [-0.05, 0) is 92.4 Å². The van der Waals surface area contributed by atoms with Crippen LogP contribution < -0.4 is 5.73 Å². The highest BCUT2D eigenvalue weighted by Gasteiger charge is 2.67. The van der Waals surface area contributed by atoms with Crippen LogP contribution in [0, 0.1) is 34.5 Å². The Balaban J connectivity index is 1.33. The molecule has 0 unspecified atom stereocenters. The highest BCUT2D eigenvalue weighted by molar-refractivity contribution is 5.85. The Labute approximate surface area is 203 Å². The fourth-order valence-electron chi connectivity index (χ4n) is 9.14. The summed E-state index contributed by atoms with van der Waals surface area (Å²) >= 11 is 0. The second-order valence-corrected chi connectivity index (χ2v) is 12.2. The lowest BCUT2D eigenvalue weighted by atomic mass is 9.43. The first-order valence-electron chi connectivity index (χ1n) is 13.3. The van der Waals surface area contributed by atoms with Crippen molar-refractivity contribution in [2.75, 3.05) is 26.8 Å². The number of hydrogen-bond acceptors (Lipinski definition) is 6. The van der Waals surface area contributed by atoms with Gasteiger partial charge in [0.2, 0.25) is 0 Å². The molecule has 1 aliphatic heterocycles. The Kier molecular flexibility index (Phi) is 6.03. The maximum absolute atomic E-state index is 12.4. The van der Waals surface area contributed by atoms with E-state index in [-0.39, 0.29) is 41.5 Å². The number of fused-ring (bicyclic) bond motifs is 5.